The summed E-state index contributed by atoms with van der Waals surface area (Å²) < 4.78 is 70.8. The number of hydrogen-bond donors (Lipinski definition) is 3. The van der Waals surface area contributed by atoms with E-state index in [4.69, 9.17) is 29.5 Å². The van der Waals surface area contributed by atoms with E-state index in [1.54, 1.807) is 0 Å². The van der Waals surface area contributed by atoms with Gasteiger partial charge in [0.15, 0.2) is 0 Å². The molecule has 0 unspecified atom stereocenters. The van der Waals surface area contributed by atoms with Crippen LogP contribution in [0.2, 0.25) is 0 Å². The Hall–Kier alpha value is -4.70. The third-order valence-electron chi connectivity index (χ3n) is 6.14. The molecule has 0 radical (unpaired) electrons. The van der Waals surface area contributed by atoms with Crippen molar-refractivity contribution in [1.29, 1.82) is 0 Å². The van der Waals surface area contributed by atoms with Gasteiger partial charge in [-0.05, 0) is 30.0 Å². The van der Waals surface area contributed by atoms with Gasteiger partial charge in [-0.2, -0.15) is 26.3 Å². The van der Waals surface area contributed by atoms with E-state index >= 15 is 0 Å². The van der Waals surface area contributed by atoms with E-state index in [-0.39, 0.29) is 5.91 Å². The normalized spacial score (nSPS) is 13.8. The first-order valence-corrected chi connectivity index (χ1v) is 12.8. The average molecular weight is 629 g/mol. The molecule has 10 nitrogen and oxygen atoms in total. The number of alkyl halides is 6. The number of pyridine rings is 1. The molecule has 1 saturated heterocycles. The number of nitrogens with one attached hydrogen (secondary N) is 1. The molecular formula is C28H26F6N4O6. The summed E-state index contributed by atoms with van der Waals surface area (Å²) in [5, 5.41) is 19.4. The fourth-order valence-electron chi connectivity index (χ4n) is 4.15. The summed E-state index contributed by atoms with van der Waals surface area (Å²) in [7, 11) is 0. The molecule has 236 valence electrons. The Kier molecular flexibility index (Phi) is 10.9. The van der Waals surface area contributed by atoms with Crippen molar-refractivity contribution in [3.05, 3.63) is 77.9 Å². The number of hydrogen-bond acceptors (Lipinski definition) is 6. The molecule has 0 atom stereocenters. The van der Waals surface area contributed by atoms with Crippen LogP contribution in [-0.2, 0) is 20.9 Å². The fourth-order valence-corrected chi connectivity index (χ4v) is 4.15. The maximum Gasteiger partial charge on any atom is 0.490 e. The van der Waals surface area contributed by atoms with Gasteiger partial charge in [0, 0.05) is 36.9 Å². The van der Waals surface area contributed by atoms with E-state index in [2.05, 4.69) is 23.2 Å². The minimum Gasteiger partial charge on any atom is -0.475 e. The Bertz CT molecular complexity index is 1600. The van der Waals surface area contributed by atoms with Crippen LogP contribution >= 0.6 is 0 Å². The summed E-state index contributed by atoms with van der Waals surface area (Å²) in [4.78, 5) is 38.2. The number of carbonyl (C=O) groups excluding carboxylic acids is 1. The Balaban J connectivity index is 0.000000317. The predicted molar refractivity (Wildman–Crippen MR) is 145 cm³/mol. The number of benzene rings is 2. The number of fused-ring (bicyclic) bond motifs is 2. The van der Waals surface area contributed by atoms with Gasteiger partial charge in [0.05, 0.1) is 24.4 Å². The second-order valence-electron chi connectivity index (χ2n) is 9.27. The number of rotatable bonds is 4. The number of carboxylic acids is 2. The maximum atomic E-state index is 13.3. The number of imidazole rings is 1. The first-order valence-electron chi connectivity index (χ1n) is 12.8. The highest BCUT2D eigenvalue weighted by Crippen LogP contribution is 2.25. The molecule has 2 aromatic heterocycles. The molecule has 1 aliphatic rings. The molecule has 5 rings (SSSR count). The van der Waals surface area contributed by atoms with Crippen molar-refractivity contribution in [2.45, 2.75) is 25.8 Å². The van der Waals surface area contributed by atoms with Crippen LogP contribution in [0.1, 0.15) is 21.9 Å². The molecule has 3 heterocycles. The van der Waals surface area contributed by atoms with Crippen LogP contribution in [0.25, 0.3) is 16.3 Å². The monoisotopic (exact) mass is 628 g/mol. The van der Waals surface area contributed by atoms with Gasteiger partial charge in [0.25, 0.3) is 5.91 Å². The van der Waals surface area contributed by atoms with Gasteiger partial charge >= 0.3 is 24.3 Å². The molecule has 2 aromatic carbocycles. The summed E-state index contributed by atoms with van der Waals surface area (Å²) in [5.41, 5.74) is 3.83. The molecule has 0 saturated carbocycles. The topological polar surface area (TPSA) is 133 Å². The summed E-state index contributed by atoms with van der Waals surface area (Å²) in [6, 6.07) is 18.0. The molecule has 1 fully saturated rings. The zero-order valence-electron chi connectivity index (χ0n) is 22.9. The lowest BCUT2D eigenvalue weighted by atomic mass is 10.1. The number of aliphatic carboxylic acids is 2. The van der Waals surface area contributed by atoms with Crippen LogP contribution in [0.4, 0.5) is 32.0 Å². The van der Waals surface area contributed by atoms with E-state index in [1.807, 2.05) is 59.1 Å². The summed E-state index contributed by atoms with van der Waals surface area (Å²) in [6.45, 7) is 5.99. The number of amides is 1. The van der Waals surface area contributed by atoms with Crippen LogP contribution in [0, 0.1) is 6.92 Å². The Morgan fingerprint density at radius 3 is 2.05 bits per heavy atom. The minimum absolute atomic E-state index is 0.208. The predicted octanol–water partition coefficient (Wildman–Crippen LogP) is 5.15. The zero-order valence-corrected chi connectivity index (χ0v) is 22.9. The van der Waals surface area contributed by atoms with Gasteiger partial charge in [-0.3, -0.25) is 14.1 Å². The number of nitrogens with zero attached hydrogens (tertiary/aromatic N) is 3. The average Bonchev–Trinajstić information content (AvgIpc) is 3.33. The van der Waals surface area contributed by atoms with Crippen molar-refractivity contribution in [3.63, 3.8) is 0 Å². The smallest absolute Gasteiger partial charge is 0.475 e. The number of aromatic nitrogens is 2. The largest absolute Gasteiger partial charge is 0.490 e. The third kappa shape index (κ3) is 8.90. The Morgan fingerprint density at radius 2 is 1.45 bits per heavy atom. The SMILES string of the molecule is Cc1cccn2c(C(=O)Nc3cccc4ccccc34)nc(CN3CCOCC3)c12.O=C(O)C(F)(F)F.O=C(O)C(F)(F)F. The number of carbonyl (C=O) groups is 3. The van der Waals surface area contributed by atoms with E-state index in [1.165, 1.54) is 0 Å². The van der Waals surface area contributed by atoms with Gasteiger partial charge in [-0.1, -0.05) is 42.5 Å². The van der Waals surface area contributed by atoms with Crippen LogP contribution < -0.4 is 5.32 Å². The number of halogens is 6. The molecular weight excluding hydrogens is 602 g/mol. The first-order chi connectivity index (χ1) is 20.6. The number of carboxylic acid groups (broad SMARTS) is 2. The standard InChI is InChI=1S/C24H24N4O2.2C2HF3O2/c1-17-6-5-11-28-22(17)21(16-27-12-14-30-15-13-27)25-23(28)24(29)26-20-10-4-8-18-7-2-3-9-19(18)20;2*3-2(4,5)1(6)7/h2-11H,12-16H2,1H3,(H,26,29);2*(H,6,7). The van der Waals surface area contributed by atoms with E-state index in [0.717, 1.165) is 59.5 Å². The maximum absolute atomic E-state index is 13.3. The fraction of sp³-hybridized carbons (Fsp3) is 0.286. The summed E-state index contributed by atoms with van der Waals surface area (Å²) >= 11 is 0. The highest BCUT2D eigenvalue weighted by molar-refractivity contribution is 6.08. The lowest BCUT2D eigenvalue weighted by Gasteiger charge is -2.25. The highest BCUT2D eigenvalue weighted by Gasteiger charge is 2.38. The van der Waals surface area contributed by atoms with Crippen molar-refractivity contribution in [3.8, 4) is 0 Å². The van der Waals surface area contributed by atoms with Crippen molar-refractivity contribution >= 4 is 39.8 Å². The van der Waals surface area contributed by atoms with Gasteiger partial charge < -0.3 is 20.3 Å². The van der Waals surface area contributed by atoms with Gasteiger partial charge in [0.1, 0.15) is 0 Å². The van der Waals surface area contributed by atoms with E-state index < -0.39 is 24.3 Å². The van der Waals surface area contributed by atoms with Crippen LogP contribution in [0.3, 0.4) is 0 Å². The zero-order chi connectivity index (χ0) is 32.7. The van der Waals surface area contributed by atoms with Crippen LogP contribution in [0.5, 0.6) is 0 Å². The minimum atomic E-state index is -5.08. The molecule has 0 spiro atoms. The van der Waals surface area contributed by atoms with Crippen molar-refractivity contribution in [2.24, 2.45) is 0 Å². The van der Waals surface area contributed by atoms with Crippen LogP contribution in [0.15, 0.2) is 60.8 Å². The Morgan fingerprint density at radius 1 is 0.886 bits per heavy atom. The van der Waals surface area contributed by atoms with Crippen molar-refractivity contribution in [1.82, 2.24) is 14.3 Å². The molecule has 44 heavy (non-hydrogen) atoms. The number of aryl methyl sites for hydroxylation is 1. The number of ether oxygens (including phenoxy) is 1. The van der Waals surface area contributed by atoms with E-state index in [9.17, 15) is 31.1 Å². The molecule has 0 aliphatic carbocycles. The highest BCUT2D eigenvalue weighted by atomic mass is 19.4. The molecule has 4 aromatic rings. The van der Waals surface area contributed by atoms with Crippen molar-refractivity contribution < 1.29 is 55.7 Å². The number of anilines is 1. The Labute approximate surface area is 245 Å². The molecule has 3 N–H and O–H groups in total. The number of morpholine rings is 1. The van der Waals surface area contributed by atoms with Crippen LogP contribution in [-0.4, -0.2) is 81.0 Å². The third-order valence-corrected chi connectivity index (χ3v) is 6.14. The lowest BCUT2D eigenvalue weighted by molar-refractivity contribution is -0.193. The second-order valence-corrected chi connectivity index (χ2v) is 9.27. The summed E-state index contributed by atoms with van der Waals surface area (Å²) in [6.07, 6.45) is -8.25. The quantitative estimate of drug-likeness (QED) is 0.265. The lowest BCUT2D eigenvalue weighted by Crippen LogP contribution is -2.35. The van der Waals surface area contributed by atoms with Gasteiger partial charge in [-0.15, -0.1) is 0 Å². The van der Waals surface area contributed by atoms with E-state index in [0.29, 0.717) is 12.4 Å². The second kappa shape index (κ2) is 14.2. The first kappa shape index (κ1) is 33.8. The molecule has 1 aliphatic heterocycles. The molecule has 1 amide bonds. The van der Waals surface area contributed by atoms with Crippen molar-refractivity contribution in [2.75, 3.05) is 31.6 Å². The van der Waals surface area contributed by atoms with Gasteiger partial charge in [-0.25, -0.2) is 14.6 Å². The van der Waals surface area contributed by atoms with Gasteiger partial charge in [0.2, 0.25) is 5.82 Å². The molecule has 0 bridgehead atoms. The summed E-state index contributed by atoms with van der Waals surface area (Å²) in [5.74, 6) is -5.31. The molecule has 16 heteroatoms.